The Balaban J connectivity index is 1.38. The number of amides is 1. The van der Waals surface area contributed by atoms with Crippen LogP contribution < -0.4 is 35.6 Å². The van der Waals surface area contributed by atoms with Crippen LogP contribution in [-0.4, -0.2) is 37.0 Å². The number of fused-ring (bicyclic) bond motifs is 1. The van der Waals surface area contributed by atoms with Crippen molar-refractivity contribution < 1.29 is 31.0 Å². The Bertz CT molecular complexity index is 1400. The first-order chi connectivity index (χ1) is 19.4. The zero-order chi connectivity index (χ0) is 29.6. The van der Waals surface area contributed by atoms with Gasteiger partial charge in [-0.15, -0.1) is 0 Å². The second-order valence-electron chi connectivity index (χ2n) is 12.5. The van der Waals surface area contributed by atoms with Gasteiger partial charge in [-0.1, -0.05) is 33.6 Å². The summed E-state index contributed by atoms with van der Waals surface area (Å²) in [5, 5.41) is 7.32. The first-order valence-electron chi connectivity index (χ1n) is 14.2. The topological polar surface area (TPSA) is 105 Å². The Morgan fingerprint density at radius 2 is 2.05 bits per heavy atom. The Morgan fingerprint density at radius 1 is 1.24 bits per heavy atom. The molecule has 0 fully saturated rings. The fraction of sp³-hybridized carbons (Fsp3) is 0.533. The zero-order valence-electron chi connectivity index (χ0n) is 25.2. The fourth-order valence-electron chi connectivity index (χ4n) is 4.75. The van der Waals surface area contributed by atoms with E-state index in [-0.39, 0.29) is 38.5 Å². The molecule has 1 amide bonds. The van der Waals surface area contributed by atoms with Crippen molar-refractivity contribution in [3.8, 4) is 0 Å². The first-order valence-corrected chi connectivity index (χ1v) is 17.3. The number of ether oxygens (including phenoxy) is 1. The summed E-state index contributed by atoms with van der Waals surface area (Å²) in [5.74, 6) is 1.25. The van der Waals surface area contributed by atoms with Crippen LogP contribution in [0.4, 0.5) is 15.6 Å². The van der Waals surface area contributed by atoms with Crippen LogP contribution in [0.3, 0.4) is 0 Å². The van der Waals surface area contributed by atoms with E-state index in [1.54, 1.807) is 0 Å². The normalized spacial score (nSPS) is 14.7. The van der Waals surface area contributed by atoms with E-state index in [1.165, 1.54) is 11.5 Å². The summed E-state index contributed by atoms with van der Waals surface area (Å²) >= 11 is 1.37. The predicted molar refractivity (Wildman–Crippen MR) is 163 cm³/mol. The molecule has 4 rings (SSSR count). The fourth-order valence-corrected chi connectivity index (χ4v) is 6.71. The number of allylic oxidation sites excluding steroid dienone is 2. The van der Waals surface area contributed by atoms with E-state index in [4.69, 9.17) is 19.1 Å². The van der Waals surface area contributed by atoms with Gasteiger partial charge in [0.25, 0.3) is 0 Å². The van der Waals surface area contributed by atoms with Crippen LogP contribution in [-0.2, 0) is 11.2 Å². The summed E-state index contributed by atoms with van der Waals surface area (Å²) in [6, 6.07) is 2.14. The molecule has 4 heterocycles. The van der Waals surface area contributed by atoms with Gasteiger partial charge in [-0.3, -0.25) is 0 Å². The molecule has 224 valence electrons. The van der Waals surface area contributed by atoms with E-state index in [9.17, 15) is 4.79 Å². The number of aryl methyl sites for hydroxylation is 1. The molecule has 11 heteroatoms. The molecule has 0 spiro atoms. The molecule has 41 heavy (non-hydrogen) atoms. The Hall–Kier alpha value is -2.67. The summed E-state index contributed by atoms with van der Waals surface area (Å²) in [6.45, 7) is 14.8. The van der Waals surface area contributed by atoms with Gasteiger partial charge in [0, 0.05) is 5.54 Å². The van der Waals surface area contributed by atoms with Gasteiger partial charge in [0.2, 0.25) is 0 Å². The number of alkyl carbamates (subject to hydrolysis) is 1. The molecule has 0 radical (unpaired) electrons. The quantitative estimate of drug-likeness (QED) is 0.195. The Morgan fingerprint density at radius 3 is 2.76 bits per heavy atom. The number of halogens is 1. The van der Waals surface area contributed by atoms with E-state index in [0.29, 0.717) is 12.5 Å². The average Bonchev–Trinajstić information content (AvgIpc) is 3.53. The van der Waals surface area contributed by atoms with Gasteiger partial charge in [0.1, 0.15) is 0 Å². The molecule has 1 unspecified atom stereocenters. The molecule has 3 aromatic rings. The van der Waals surface area contributed by atoms with Crippen LogP contribution >= 0.6 is 11.5 Å². The van der Waals surface area contributed by atoms with Crippen LogP contribution in [0.5, 0.6) is 0 Å². The number of hydrogen-bond acceptors (Lipinski definition) is 8. The SMILES string of the molecule is CCCC(CCC(C)(C)COC(=O)NC(C)(C)C)Cc1cc(Nc2nc(C)cn3c(C4=CN[I-]C=C4)cnc23)sn1. The number of carbonyl (C=O) groups excluding carboxylic acids is 1. The van der Waals surface area contributed by atoms with Crippen molar-refractivity contribution in [1.82, 2.24) is 27.6 Å². The summed E-state index contributed by atoms with van der Waals surface area (Å²) in [6.07, 6.45) is 13.0. The second-order valence-corrected chi connectivity index (χ2v) is 15.3. The van der Waals surface area contributed by atoms with E-state index in [1.807, 2.05) is 40.1 Å². The minimum absolute atomic E-state index is 0.0928. The van der Waals surface area contributed by atoms with Gasteiger partial charge in [0.05, 0.1) is 6.61 Å². The molecule has 1 aliphatic rings. The maximum absolute atomic E-state index is 12.1. The molecule has 9 nitrogen and oxygen atoms in total. The molecule has 0 saturated carbocycles. The summed E-state index contributed by atoms with van der Waals surface area (Å²) in [7, 11) is 0. The number of nitrogens with one attached hydrogen (secondary N) is 3. The van der Waals surface area contributed by atoms with Crippen LogP contribution in [0, 0.1) is 18.3 Å². The molecule has 3 N–H and O–H groups in total. The first kappa shape index (κ1) is 31.3. The van der Waals surface area contributed by atoms with Crippen LogP contribution in [0.25, 0.3) is 11.2 Å². The summed E-state index contributed by atoms with van der Waals surface area (Å²) < 4.78 is 18.0. The number of carbonyl (C=O) groups is 1. The number of rotatable bonds is 12. The van der Waals surface area contributed by atoms with Crippen molar-refractivity contribution in [2.45, 2.75) is 86.1 Å². The van der Waals surface area contributed by atoms with Crippen molar-refractivity contribution >= 4 is 39.7 Å². The average molecular weight is 693 g/mol. The molecule has 1 atom stereocenters. The predicted octanol–water partition coefficient (Wildman–Crippen LogP) is 3.99. The van der Waals surface area contributed by atoms with Gasteiger partial charge >= 0.3 is 154 Å². The maximum atomic E-state index is 12.1. The van der Waals surface area contributed by atoms with E-state index < -0.39 is 0 Å². The van der Waals surface area contributed by atoms with Crippen molar-refractivity contribution in [2.75, 3.05) is 11.9 Å². The van der Waals surface area contributed by atoms with E-state index in [0.717, 1.165) is 71.2 Å². The van der Waals surface area contributed by atoms with Crippen molar-refractivity contribution in [3.05, 3.63) is 51.9 Å². The second kappa shape index (κ2) is 13.5. The molecule has 0 aliphatic carbocycles. The monoisotopic (exact) mass is 692 g/mol. The van der Waals surface area contributed by atoms with Gasteiger partial charge in [-0.25, -0.2) is 4.79 Å². The third-order valence-corrected chi connectivity index (χ3v) is 8.92. The van der Waals surface area contributed by atoms with Gasteiger partial charge in [-0.05, 0) is 44.9 Å². The number of hydrogen-bond donors (Lipinski definition) is 3. The molecule has 0 bridgehead atoms. The van der Waals surface area contributed by atoms with E-state index in [2.05, 4.69) is 61.8 Å². The molecular weight excluding hydrogens is 649 g/mol. The van der Waals surface area contributed by atoms with Gasteiger partial charge < -0.3 is 10.1 Å². The van der Waals surface area contributed by atoms with Crippen LogP contribution in [0.1, 0.15) is 84.3 Å². The third kappa shape index (κ3) is 9.16. The minimum atomic E-state index is -0.355. The molecule has 0 saturated heterocycles. The molecule has 3 aromatic heterocycles. The number of aromatic nitrogens is 4. The van der Waals surface area contributed by atoms with E-state index >= 15 is 0 Å². The standard InChI is InChI=1S/C30H43IN7O2S/c1-8-9-21(10-12-30(6,7)19-40-28(39)36-29(3,4)5)14-23-15-25(41-37-23)35-26-27-32-17-24(22-11-13-31-33-16-22)38(27)18-20(2)34-26/h11,13,15-18,21,33H,8-10,12,14,19H2,1-7H3,(H,34,35)(H,36,39)/q-1. The zero-order valence-corrected chi connectivity index (χ0v) is 28.1. The summed E-state index contributed by atoms with van der Waals surface area (Å²) in [4.78, 5) is 21.6. The van der Waals surface area contributed by atoms with Gasteiger partial charge in [0.15, 0.2) is 0 Å². The number of nitrogens with zero attached hydrogens (tertiary/aromatic N) is 4. The van der Waals surface area contributed by atoms with Gasteiger partial charge in [-0.2, -0.15) is 0 Å². The number of anilines is 2. The molecule has 0 aromatic carbocycles. The number of imidazole rings is 1. The van der Waals surface area contributed by atoms with Crippen molar-refractivity contribution in [1.29, 1.82) is 0 Å². The van der Waals surface area contributed by atoms with Crippen molar-refractivity contribution in [2.24, 2.45) is 11.3 Å². The van der Waals surface area contributed by atoms with Crippen LogP contribution in [0.2, 0.25) is 0 Å². The third-order valence-electron chi connectivity index (χ3n) is 6.78. The molecular formula is C30H43IN7O2S-. The Kier molecular flexibility index (Phi) is 10.3. The summed E-state index contributed by atoms with van der Waals surface area (Å²) in [5.41, 5.74) is 4.55. The molecule has 1 aliphatic heterocycles. The Labute approximate surface area is 258 Å². The van der Waals surface area contributed by atoms with Crippen molar-refractivity contribution in [3.63, 3.8) is 0 Å². The van der Waals surface area contributed by atoms with Crippen LogP contribution in [0.15, 0.2) is 34.8 Å².